The van der Waals surface area contributed by atoms with Crippen molar-refractivity contribution in [2.45, 2.75) is 58.7 Å². The van der Waals surface area contributed by atoms with Crippen LogP contribution in [-0.4, -0.2) is 64.6 Å². The third kappa shape index (κ3) is 5.80. The first-order valence-corrected chi connectivity index (χ1v) is 9.66. The summed E-state index contributed by atoms with van der Waals surface area (Å²) in [5.74, 6) is -1.70. The number of carboxylic acids is 1. The zero-order valence-electron chi connectivity index (χ0n) is 16.7. The van der Waals surface area contributed by atoms with E-state index in [0.29, 0.717) is 5.41 Å². The van der Waals surface area contributed by atoms with E-state index >= 15 is 0 Å². The maximum absolute atomic E-state index is 10.6. The summed E-state index contributed by atoms with van der Waals surface area (Å²) >= 11 is 0. The molecule has 2 aliphatic rings. The Kier molecular flexibility index (Phi) is 7.25. The molecule has 2 aliphatic heterocycles. The lowest BCUT2D eigenvalue weighted by Crippen LogP contribution is -2.46. The number of rotatable bonds is 3. The maximum Gasteiger partial charge on any atom is 0.490 e. The van der Waals surface area contributed by atoms with E-state index in [-0.39, 0.29) is 0 Å². The van der Waals surface area contributed by atoms with Gasteiger partial charge in [0, 0.05) is 31.1 Å². The predicted octanol–water partition coefficient (Wildman–Crippen LogP) is 3.51. The van der Waals surface area contributed by atoms with Crippen LogP contribution in [0, 0.1) is 12.3 Å². The average molecular weight is 402 g/mol. The highest BCUT2D eigenvalue weighted by Crippen LogP contribution is 2.40. The molecule has 1 N–H and O–H groups in total. The molecule has 2 saturated heterocycles. The van der Waals surface area contributed by atoms with E-state index in [1.54, 1.807) is 0 Å². The first kappa shape index (κ1) is 22.4. The molecule has 0 bridgehead atoms. The van der Waals surface area contributed by atoms with Crippen LogP contribution in [0.2, 0.25) is 0 Å². The predicted molar refractivity (Wildman–Crippen MR) is 100 cm³/mol. The van der Waals surface area contributed by atoms with Crippen LogP contribution in [-0.2, 0) is 4.79 Å². The van der Waals surface area contributed by atoms with Crippen molar-refractivity contribution in [2.75, 3.05) is 31.1 Å². The van der Waals surface area contributed by atoms with Gasteiger partial charge in [-0.3, -0.25) is 0 Å². The van der Waals surface area contributed by atoms with Crippen molar-refractivity contribution in [3.8, 4) is 0 Å². The molecular formula is C19H29F3N4O2. The molecule has 6 nitrogen and oxygen atoms in total. The highest BCUT2D eigenvalue weighted by atomic mass is 19.4. The Labute approximate surface area is 163 Å². The number of aliphatic carboxylic acids is 1. The fraction of sp³-hybridized carbons (Fsp3) is 0.737. The fourth-order valence-corrected chi connectivity index (χ4v) is 3.90. The van der Waals surface area contributed by atoms with E-state index in [2.05, 4.69) is 46.0 Å². The number of aromatic nitrogens is 2. The Bertz CT molecular complexity index is 654. The van der Waals surface area contributed by atoms with E-state index in [1.807, 2.05) is 6.92 Å². The van der Waals surface area contributed by atoms with Crippen LogP contribution in [0.5, 0.6) is 0 Å². The minimum absolute atomic E-state index is 0.480. The minimum Gasteiger partial charge on any atom is -0.475 e. The van der Waals surface area contributed by atoms with E-state index in [4.69, 9.17) is 9.90 Å². The number of carbonyl (C=O) groups is 1. The number of alkyl halides is 3. The van der Waals surface area contributed by atoms with Crippen molar-refractivity contribution in [3.63, 3.8) is 0 Å². The summed E-state index contributed by atoms with van der Waals surface area (Å²) in [6.07, 6.45) is 0.163. The van der Waals surface area contributed by atoms with Gasteiger partial charge in [-0.1, -0.05) is 6.92 Å². The van der Waals surface area contributed by atoms with Crippen molar-refractivity contribution >= 4 is 11.8 Å². The molecule has 158 valence electrons. The van der Waals surface area contributed by atoms with Gasteiger partial charge >= 0.3 is 12.1 Å². The highest BCUT2D eigenvalue weighted by Gasteiger charge is 2.42. The molecule has 1 aromatic heterocycles. The van der Waals surface area contributed by atoms with Crippen LogP contribution in [0.3, 0.4) is 0 Å². The Morgan fingerprint density at radius 2 is 1.93 bits per heavy atom. The van der Waals surface area contributed by atoms with Crippen LogP contribution >= 0.6 is 0 Å². The lowest BCUT2D eigenvalue weighted by molar-refractivity contribution is -0.192. The molecule has 3 rings (SSSR count). The van der Waals surface area contributed by atoms with Crippen molar-refractivity contribution < 1.29 is 23.1 Å². The molecule has 1 aromatic rings. The Morgan fingerprint density at radius 1 is 1.25 bits per heavy atom. The van der Waals surface area contributed by atoms with Crippen LogP contribution in [0.4, 0.5) is 19.0 Å². The van der Waals surface area contributed by atoms with Gasteiger partial charge in [0.1, 0.15) is 0 Å². The van der Waals surface area contributed by atoms with Gasteiger partial charge < -0.3 is 14.9 Å². The minimum atomic E-state index is -5.08. The summed E-state index contributed by atoms with van der Waals surface area (Å²) in [7, 11) is 0. The van der Waals surface area contributed by atoms with Gasteiger partial charge in [0.05, 0.1) is 5.69 Å². The molecule has 3 heterocycles. The Morgan fingerprint density at radius 3 is 2.46 bits per heavy atom. The van der Waals surface area contributed by atoms with Crippen molar-refractivity contribution in [1.82, 2.24) is 15.1 Å². The summed E-state index contributed by atoms with van der Waals surface area (Å²) in [6, 6.07) is 4.92. The Hall–Kier alpha value is -1.90. The summed E-state index contributed by atoms with van der Waals surface area (Å²) in [6.45, 7) is 11.5. The highest BCUT2D eigenvalue weighted by molar-refractivity contribution is 5.73. The number of nitrogens with zero attached hydrogens (tertiary/aromatic N) is 4. The Balaban J connectivity index is 0.000000345. The quantitative estimate of drug-likeness (QED) is 0.835. The molecule has 2 fully saturated rings. The normalized spacial score (nSPS) is 24.0. The van der Waals surface area contributed by atoms with Crippen LogP contribution in [0.1, 0.15) is 45.2 Å². The lowest BCUT2D eigenvalue weighted by Gasteiger charge is -2.41. The smallest absolute Gasteiger partial charge is 0.475 e. The maximum atomic E-state index is 10.6. The van der Waals surface area contributed by atoms with Gasteiger partial charge in [-0.05, 0) is 58.2 Å². The summed E-state index contributed by atoms with van der Waals surface area (Å²) in [5.41, 5.74) is 1.48. The molecule has 2 atom stereocenters. The first-order valence-electron chi connectivity index (χ1n) is 9.66. The largest absolute Gasteiger partial charge is 0.490 e. The standard InChI is InChI=1S/C17H28N4.C2HF3O2/c1-4-15(3)20-11-9-17(12-20)8-5-10-21(13-17)16-7-6-14(2)18-19-16;3-2(4,5)1(6)7/h6-7,15H,4-5,8-13H2,1-3H3;(H,6,7). The molecule has 0 aromatic carbocycles. The number of hydrogen-bond acceptors (Lipinski definition) is 5. The van der Waals surface area contributed by atoms with Crippen molar-refractivity contribution in [2.24, 2.45) is 5.41 Å². The van der Waals surface area contributed by atoms with Gasteiger partial charge in [0.25, 0.3) is 0 Å². The monoisotopic (exact) mass is 402 g/mol. The first-order chi connectivity index (χ1) is 13.1. The number of hydrogen-bond donors (Lipinski definition) is 1. The molecule has 2 unspecified atom stereocenters. The van der Waals surface area contributed by atoms with Gasteiger partial charge in [-0.15, -0.1) is 5.10 Å². The molecule has 9 heteroatoms. The summed E-state index contributed by atoms with van der Waals surface area (Å²) in [4.78, 5) is 14.0. The van der Waals surface area contributed by atoms with Crippen LogP contribution < -0.4 is 4.90 Å². The topological polar surface area (TPSA) is 69.6 Å². The second-order valence-corrected chi connectivity index (χ2v) is 7.84. The zero-order chi connectivity index (χ0) is 20.9. The van der Waals surface area contributed by atoms with E-state index in [9.17, 15) is 13.2 Å². The second kappa shape index (κ2) is 9.07. The lowest BCUT2D eigenvalue weighted by atomic mass is 9.79. The third-order valence-electron chi connectivity index (χ3n) is 5.69. The number of likely N-dealkylation sites (tertiary alicyclic amines) is 1. The molecule has 0 aliphatic carbocycles. The number of piperidine rings is 1. The van der Waals surface area contributed by atoms with E-state index in [1.165, 1.54) is 38.8 Å². The SMILES string of the molecule is CCC(C)N1CCC2(CCCN(c3ccc(C)nn3)C2)C1.O=C(O)C(F)(F)F. The fourth-order valence-electron chi connectivity index (χ4n) is 3.90. The zero-order valence-corrected chi connectivity index (χ0v) is 16.7. The van der Waals surface area contributed by atoms with Crippen molar-refractivity contribution in [1.29, 1.82) is 0 Å². The van der Waals surface area contributed by atoms with E-state index in [0.717, 1.165) is 30.6 Å². The van der Waals surface area contributed by atoms with Gasteiger partial charge in [-0.25, -0.2) is 4.79 Å². The van der Waals surface area contributed by atoms with Gasteiger partial charge in [-0.2, -0.15) is 18.3 Å². The van der Waals surface area contributed by atoms with Crippen LogP contribution in [0.15, 0.2) is 12.1 Å². The average Bonchev–Trinajstić information content (AvgIpc) is 3.04. The van der Waals surface area contributed by atoms with Gasteiger partial charge in [0.2, 0.25) is 0 Å². The molecule has 0 saturated carbocycles. The summed E-state index contributed by atoms with van der Waals surface area (Å²) in [5, 5.41) is 15.7. The molecule has 28 heavy (non-hydrogen) atoms. The molecular weight excluding hydrogens is 373 g/mol. The third-order valence-corrected chi connectivity index (χ3v) is 5.69. The molecule has 0 radical (unpaired) electrons. The van der Waals surface area contributed by atoms with Crippen LogP contribution in [0.25, 0.3) is 0 Å². The van der Waals surface area contributed by atoms with Crippen molar-refractivity contribution in [3.05, 3.63) is 17.8 Å². The molecule has 0 amide bonds. The number of anilines is 1. The number of carboxylic acid groups (broad SMARTS) is 1. The molecule has 1 spiro atoms. The number of halogens is 3. The summed E-state index contributed by atoms with van der Waals surface area (Å²) < 4.78 is 31.7. The van der Waals surface area contributed by atoms with E-state index < -0.39 is 12.1 Å². The second-order valence-electron chi connectivity index (χ2n) is 7.84. The number of aryl methyl sites for hydroxylation is 1. The van der Waals surface area contributed by atoms with Gasteiger partial charge in [0.15, 0.2) is 5.82 Å².